The molecule has 0 rings (SSSR count). The van der Waals surface area contributed by atoms with E-state index in [9.17, 15) is 0 Å². The van der Waals surface area contributed by atoms with Crippen molar-refractivity contribution in [3.63, 3.8) is 0 Å². The first kappa shape index (κ1) is 18.2. The zero-order valence-electron chi connectivity index (χ0n) is 12.2. The third-order valence-corrected chi connectivity index (χ3v) is 5.03. The Balaban J connectivity index is 4.89. The number of hydrogen-bond donors (Lipinski definition) is 1. The van der Waals surface area contributed by atoms with E-state index in [-0.39, 0.29) is 38.1 Å². The first-order chi connectivity index (χ1) is 8.89. The summed E-state index contributed by atoms with van der Waals surface area (Å²) in [5.74, 6) is 0. The predicted octanol–water partition coefficient (Wildman–Crippen LogP) is 2.60. The summed E-state index contributed by atoms with van der Waals surface area (Å²) in [6.07, 6.45) is 0.537. The van der Waals surface area contributed by atoms with Gasteiger partial charge in [0.15, 0.2) is 0 Å². The molecule has 19 heavy (non-hydrogen) atoms. The lowest BCUT2D eigenvalue weighted by Crippen LogP contribution is -2.41. The lowest BCUT2D eigenvalue weighted by molar-refractivity contribution is 0.157. The van der Waals surface area contributed by atoms with Crippen LogP contribution in [0, 0.1) is 22.7 Å². The van der Waals surface area contributed by atoms with Crippen molar-refractivity contribution in [2.24, 2.45) is 5.50 Å². The fraction of sp³-hybridized carbons (Fsp3) is 0.833. The molecule has 0 radical (unpaired) electrons. The molecule has 0 bridgehead atoms. The van der Waals surface area contributed by atoms with Gasteiger partial charge in [-0.3, -0.25) is 0 Å². The third kappa shape index (κ3) is 6.29. The summed E-state index contributed by atoms with van der Waals surface area (Å²) in [6.45, 7) is 8.55. The van der Waals surface area contributed by atoms with E-state index in [1.807, 2.05) is 44.5 Å². The van der Waals surface area contributed by atoms with Crippen LogP contribution in [0.3, 0.4) is 0 Å². The summed E-state index contributed by atoms with van der Waals surface area (Å²) in [7, 11) is -2.72. The van der Waals surface area contributed by atoms with Crippen molar-refractivity contribution < 1.29 is 9.05 Å². The quantitative estimate of drug-likeness (QED) is 0.517. The van der Waals surface area contributed by atoms with Crippen molar-refractivity contribution in [2.45, 2.75) is 52.6 Å². The molecule has 2 N–H and O–H groups in total. The Bertz CT molecular complexity index is 308. The molecule has 0 amide bonds. The van der Waals surface area contributed by atoms with Crippen LogP contribution in [0.2, 0.25) is 0 Å². The highest BCUT2D eigenvalue weighted by Crippen LogP contribution is 2.58. The van der Waals surface area contributed by atoms with Gasteiger partial charge in [-0.2, -0.15) is 19.6 Å². The topological polar surface area (TPSA) is 95.3 Å². The Morgan fingerprint density at radius 1 is 1.00 bits per heavy atom. The lowest BCUT2D eigenvalue weighted by atomic mass is 10.3. The van der Waals surface area contributed by atoms with E-state index in [2.05, 4.69) is 0 Å². The van der Waals surface area contributed by atoms with Gasteiger partial charge in [0.2, 0.25) is 0 Å². The van der Waals surface area contributed by atoms with E-state index < -0.39 is 8.02 Å². The van der Waals surface area contributed by atoms with E-state index in [0.717, 1.165) is 0 Å². The van der Waals surface area contributed by atoms with Crippen LogP contribution in [0.5, 0.6) is 0 Å². The van der Waals surface area contributed by atoms with Crippen LogP contribution in [-0.4, -0.2) is 30.0 Å². The van der Waals surface area contributed by atoms with Gasteiger partial charge in [-0.1, -0.05) is 0 Å². The van der Waals surface area contributed by atoms with Crippen molar-refractivity contribution in [2.75, 3.05) is 13.2 Å². The maximum atomic E-state index is 8.58. The van der Waals surface area contributed by atoms with Crippen LogP contribution in [0.15, 0.2) is 0 Å². The van der Waals surface area contributed by atoms with E-state index in [1.54, 1.807) is 0 Å². The Morgan fingerprint density at radius 3 is 1.63 bits per heavy atom. The SMILES string of the molecule is CC(C)N(C(C)C)[P+](N)(OCCC#N)OCCC#N. The second kappa shape index (κ2) is 9.20. The standard InChI is InChI=1S/C12H24N4O2P/c1-11(2)16(12(3)4)19(15,17-9-5-7-13)18-10-6-8-14/h11-12H,5-6,9-10,15H2,1-4H3/q+1. The molecule has 7 heteroatoms. The Labute approximate surface area is 116 Å². The molecule has 0 unspecified atom stereocenters. The largest absolute Gasteiger partial charge is 0.431 e. The summed E-state index contributed by atoms with van der Waals surface area (Å²) in [4.78, 5) is 0. The molecular weight excluding hydrogens is 263 g/mol. The molecule has 0 aliphatic rings. The van der Waals surface area contributed by atoms with Gasteiger partial charge in [0, 0.05) is 12.1 Å². The Kier molecular flexibility index (Phi) is 8.84. The van der Waals surface area contributed by atoms with Gasteiger partial charge in [0.05, 0.1) is 25.0 Å². The molecule has 0 spiro atoms. The smallest absolute Gasteiger partial charge is 0.198 e. The first-order valence-corrected chi connectivity index (χ1v) is 8.03. The minimum atomic E-state index is -2.72. The Hall–Kier alpha value is -0.750. The van der Waals surface area contributed by atoms with Crippen LogP contribution < -0.4 is 5.50 Å². The van der Waals surface area contributed by atoms with E-state index in [1.165, 1.54) is 0 Å². The van der Waals surface area contributed by atoms with Gasteiger partial charge in [-0.15, -0.1) is 10.2 Å². The number of nitrogens with zero attached hydrogens (tertiary/aromatic N) is 3. The summed E-state index contributed by atoms with van der Waals surface area (Å²) < 4.78 is 13.3. The van der Waals surface area contributed by atoms with Crippen molar-refractivity contribution in [1.82, 2.24) is 4.67 Å². The van der Waals surface area contributed by atoms with E-state index in [4.69, 9.17) is 25.1 Å². The van der Waals surface area contributed by atoms with Gasteiger partial charge in [-0.25, -0.2) is 0 Å². The molecule has 0 aromatic carbocycles. The molecule has 0 aliphatic heterocycles. The Morgan fingerprint density at radius 2 is 1.37 bits per heavy atom. The fourth-order valence-electron chi connectivity index (χ4n) is 1.85. The zero-order valence-corrected chi connectivity index (χ0v) is 13.1. The number of rotatable bonds is 9. The molecule has 6 nitrogen and oxygen atoms in total. The minimum Gasteiger partial charge on any atom is -0.198 e. The summed E-state index contributed by atoms with van der Waals surface area (Å²) in [5, 5.41) is 17.2. The molecule has 0 aliphatic carbocycles. The van der Waals surface area contributed by atoms with Crippen LogP contribution in [0.4, 0.5) is 0 Å². The van der Waals surface area contributed by atoms with E-state index >= 15 is 0 Å². The summed E-state index contributed by atoms with van der Waals surface area (Å²) in [5.41, 5.74) is 6.30. The average molecular weight is 287 g/mol. The maximum absolute atomic E-state index is 8.58. The number of nitrogens with two attached hydrogens (primary N) is 1. The van der Waals surface area contributed by atoms with Crippen LogP contribution >= 0.6 is 8.02 Å². The third-order valence-electron chi connectivity index (χ3n) is 2.36. The van der Waals surface area contributed by atoms with Gasteiger partial charge >= 0.3 is 8.02 Å². The normalized spacial score (nSPS) is 11.9. The molecule has 0 atom stereocenters. The second-order valence-corrected chi connectivity index (χ2v) is 6.72. The van der Waals surface area contributed by atoms with Crippen LogP contribution in [0.25, 0.3) is 0 Å². The molecule has 0 fully saturated rings. The molecule has 0 saturated carbocycles. The second-order valence-electron chi connectivity index (χ2n) is 4.61. The van der Waals surface area contributed by atoms with E-state index in [0.29, 0.717) is 0 Å². The predicted molar refractivity (Wildman–Crippen MR) is 75.6 cm³/mol. The monoisotopic (exact) mass is 287 g/mol. The van der Waals surface area contributed by atoms with Crippen LogP contribution in [-0.2, 0) is 9.05 Å². The molecular formula is C12H24N4O2P+. The average Bonchev–Trinajstić information content (AvgIpc) is 2.28. The summed E-state index contributed by atoms with van der Waals surface area (Å²) >= 11 is 0. The van der Waals surface area contributed by atoms with Crippen molar-refractivity contribution in [1.29, 1.82) is 10.5 Å². The number of nitriles is 2. The first-order valence-electron chi connectivity index (χ1n) is 6.38. The fourth-order valence-corrected chi connectivity index (χ4v) is 4.19. The van der Waals surface area contributed by atoms with Crippen LogP contribution in [0.1, 0.15) is 40.5 Å². The highest BCUT2D eigenvalue weighted by molar-refractivity contribution is 7.61. The van der Waals surface area contributed by atoms with Gasteiger partial charge in [-0.05, 0) is 27.7 Å². The molecule has 0 aromatic heterocycles. The number of hydrogen-bond acceptors (Lipinski definition) is 6. The minimum absolute atomic E-state index is 0.155. The molecule has 0 saturated heterocycles. The van der Waals surface area contributed by atoms with Crippen molar-refractivity contribution in [3.05, 3.63) is 0 Å². The maximum Gasteiger partial charge on any atom is 0.431 e. The van der Waals surface area contributed by atoms with Gasteiger partial charge < -0.3 is 0 Å². The lowest BCUT2D eigenvalue weighted by Gasteiger charge is -2.34. The summed E-state index contributed by atoms with van der Waals surface area (Å²) in [6, 6.07) is 4.34. The highest BCUT2D eigenvalue weighted by Gasteiger charge is 2.49. The molecule has 108 valence electrons. The van der Waals surface area contributed by atoms with Crippen molar-refractivity contribution >= 4 is 8.02 Å². The van der Waals surface area contributed by atoms with Gasteiger partial charge in [0.25, 0.3) is 0 Å². The molecule has 0 heterocycles. The molecule has 0 aromatic rings. The highest BCUT2D eigenvalue weighted by atomic mass is 31.2. The van der Waals surface area contributed by atoms with Crippen molar-refractivity contribution in [3.8, 4) is 12.1 Å². The zero-order chi connectivity index (χ0) is 14.9. The van der Waals surface area contributed by atoms with Gasteiger partial charge in [0.1, 0.15) is 13.2 Å².